The van der Waals surface area contributed by atoms with E-state index < -0.39 is 17.0 Å². The molecule has 0 spiro atoms. The lowest BCUT2D eigenvalue weighted by Gasteiger charge is -2.33. The van der Waals surface area contributed by atoms with Gasteiger partial charge in [-0.1, -0.05) is 50.2 Å². The summed E-state index contributed by atoms with van der Waals surface area (Å²) in [6.45, 7) is 10.1. The first-order valence-electron chi connectivity index (χ1n) is 10.4. The Morgan fingerprint density at radius 2 is 1.66 bits per heavy atom. The zero-order chi connectivity index (χ0) is 21.4. The van der Waals surface area contributed by atoms with E-state index in [1.807, 2.05) is 19.9 Å². The van der Waals surface area contributed by atoms with Crippen LogP contribution in [-0.2, 0) is 11.8 Å². The molecule has 0 aliphatic rings. The van der Waals surface area contributed by atoms with Crippen LogP contribution < -0.4 is 0 Å². The molecule has 2 aromatic rings. The standard InChI is InChI=1S/C25H32F2N2/c1-19(2)25(18-28,22-11-12-23(26)24(27)17-22)14-8-15-29(20(3)4)16-13-21-9-6-5-7-10-21/h5-7,9-12,17,19-20H,8,13-16H2,1-4H3. The summed E-state index contributed by atoms with van der Waals surface area (Å²) in [5.74, 6) is -1.78. The number of hydrogen-bond donors (Lipinski definition) is 0. The van der Waals surface area contributed by atoms with Gasteiger partial charge in [-0.05, 0) is 68.8 Å². The molecule has 2 aromatic carbocycles. The van der Waals surface area contributed by atoms with Crippen LogP contribution in [-0.4, -0.2) is 24.0 Å². The van der Waals surface area contributed by atoms with Crippen LogP contribution in [0.2, 0.25) is 0 Å². The highest BCUT2D eigenvalue weighted by Crippen LogP contribution is 2.37. The fraction of sp³-hybridized carbons (Fsp3) is 0.480. The fourth-order valence-corrected chi connectivity index (χ4v) is 3.90. The van der Waals surface area contributed by atoms with Crippen molar-refractivity contribution in [3.05, 3.63) is 71.3 Å². The van der Waals surface area contributed by atoms with Crippen molar-refractivity contribution < 1.29 is 8.78 Å². The molecule has 0 aliphatic heterocycles. The predicted molar refractivity (Wildman–Crippen MR) is 115 cm³/mol. The van der Waals surface area contributed by atoms with Crippen LogP contribution in [0.15, 0.2) is 48.5 Å². The minimum absolute atomic E-state index is 0.00539. The lowest BCUT2D eigenvalue weighted by molar-refractivity contribution is 0.210. The first-order chi connectivity index (χ1) is 13.8. The molecule has 2 rings (SSSR count). The minimum Gasteiger partial charge on any atom is -0.301 e. The second-order valence-corrected chi connectivity index (χ2v) is 8.34. The molecule has 0 aromatic heterocycles. The average molecular weight is 399 g/mol. The molecule has 29 heavy (non-hydrogen) atoms. The summed E-state index contributed by atoms with van der Waals surface area (Å²) in [5, 5.41) is 10.0. The number of benzene rings is 2. The van der Waals surface area contributed by atoms with Crippen LogP contribution >= 0.6 is 0 Å². The van der Waals surface area contributed by atoms with Crippen LogP contribution in [0.1, 0.15) is 51.7 Å². The quantitative estimate of drug-likeness (QED) is 0.482. The third-order valence-electron chi connectivity index (χ3n) is 5.90. The van der Waals surface area contributed by atoms with Gasteiger partial charge in [0.15, 0.2) is 11.6 Å². The fourth-order valence-electron chi connectivity index (χ4n) is 3.90. The van der Waals surface area contributed by atoms with Crippen LogP contribution in [0.3, 0.4) is 0 Å². The zero-order valence-corrected chi connectivity index (χ0v) is 18.0. The first kappa shape index (κ1) is 23.0. The van der Waals surface area contributed by atoms with E-state index >= 15 is 0 Å². The summed E-state index contributed by atoms with van der Waals surface area (Å²) in [6.07, 6.45) is 2.41. The van der Waals surface area contributed by atoms with Gasteiger partial charge < -0.3 is 4.90 Å². The number of halogens is 2. The smallest absolute Gasteiger partial charge is 0.159 e. The van der Waals surface area contributed by atoms with Gasteiger partial charge in [0.05, 0.1) is 11.5 Å². The molecule has 1 unspecified atom stereocenters. The maximum Gasteiger partial charge on any atom is 0.159 e. The van der Waals surface area contributed by atoms with Crippen molar-refractivity contribution in [3.8, 4) is 6.07 Å². The molecule has 0 saturated heterocycles. The summed E-state index contributed by atoms with van der Waals surface area (Å²) < 4.78 is 27.2. The summed E-state index contributed by atoms with van der Waals surface area (Å²) >= 11 is 0. The Morgan fingerprint density at radius 1 is 0.966 bits per heavy atom. The summed E-state index contributed by atoms with van der Waals surface area (Å²) in [6, 6.07) is 17.1. The molecule has 0 bridgehead atoms. The highest BCUT2D eigenvalue weighted by atomic mass is 19.2. The van der Waals surface area contributed by atoms with Crippen molar-refractivity contribution in [2.24, 2.45) is 5.92 Å². The second-order valence-electron chi connectivity index (χ2n) is 8.34. The summed E-state index contributed by atoms with van der Waals surface area (Å²) in [4.78, 5) is 2.42. The van der Waals surface area contributed by atoms with Crippen LogP contribution in [0.5, 0.6) is 0 Å². The van der Waals surface area contributed by atoms with E-state index in [-0.39, 0.29) is 5.92 Å². The molecule has 156 valence electrons. The molecule has 2 nitrogen and oxygen atoms in total. The summed E-state index contributed by atoms with van der Waals surface area (Å²) in [5.41, 5.74) is 1.05. The molecule has 0 saturated carbocycles. The van der Waals surface area contributed by atoms with Crippen molar-refractivity contribution in [1.82, 2.24) is 4.90 Å². The van der Waals surface area contributed by atoms with E-state index in [2.05, 4.69) is 49.1 Å². The Morgan fingerprint density at radius 3 is 2.21 bits per heavy atom. The molecule has 0 radical (unpaired) electrons. The van der Waals surface area contributed by atoms with Crippen molar-refractivity contribution in [2.75, 3.05) is 13.1 Å². The normalized spacial score (nSPS) is 13.7. The number of nitrogens with zero attached hydrogens (tertiary/aromatic N) is 2. The molecule has 0 heterocycles. The van der Waals surface area contributed by atoms with Gasteiger partial charge in [0.2, 0.25) is 0 Å². The van der Waals surface area contributed by atoms with E-state index in [0.29, 0.717) is 18.0 Å². The Bertz CT molecular complexity index is 811. The Labute approximate surface area is 174 Å². The number of nitriles is 1. The van der Waals surface area contributed by atoms with E-state index in [1.54, 1.807) is 6.07 Å². The Balaban J connectivity index is 2.07. The van der Waals surface area contributed by atoms with Gasteiger partial charge in [-0.3, -0.25) is 0 Å². The van der Waals surface area contributed by atoms with Crippen molar-refractivity contribution in [2.45, 2.75) is 58.4 Å². The highest BCUT2D eigenvalue weighted by molar-refractivity contribution is 5.34. The molecular weight excluding hydrogens is 366 g/mol. The molecular formula is C25H32F2N2. The maximum absolute atomic E-state index is 13.8. The molecule has 4 heteroatoms. The largest absolute Gasteiger partial charge is 0.301 e. The first-order valence-corrected chi connectivity index (χ1v) is 10.4. The van der Waals surface area contributed by atoms with E-state index in [9.17, 15) is 14.0 Å². The lowest BCUT2D eigenvalue weighted by atomic mass is 9.70. The topological polar surface area (TPSA) is 27.0 Å². The van der Waals surface area contributed by atoms with Crippen molar-refractivity contribution >= 4 is 0 Å². The monoisotopic (exact) mass is 398 g/mol. The van der Waals surface area contributed by atoms with Gasteiger partial charge in [0, 0.05) is 12.6 Å². The van der Waals surface area contributed by atoms with Crippen molar-refractivity contribution in [3.63, 3.8) is 0 Å². The Hall–Kier alpha value is -2.25. The maximum atomic E-state index is 13.8. The summed E-state index contributed by atoms with van der Waals surface area (Å²) in [7, 11) is 0. The lowest BCUT2D eigenvalue weighted by Crippen LogP contribution is -2.36. The van der Waals surface area contributed by atoms with Gasteiger partial charge in [-0.25, -0.2) is 8.78 Å². The van der Waals surface area contributed by atoms with E-state index in [4.69, 9.17) is 0 Å². The molecule has 0 N–H and O–H groups in total. The van der Waals surface area contributed by atoms with E-state index in [0.717, 1.165) is 32.0 Å². The van der Waals surface area contributed by atoms with Crippen LogP contribution in [0.25, 0.3) is 0 Å². The van der Waals surface area contributed by atoms with Gasteiger partial charge in [-0.15, -0.1) is 0 Å². The Kier molecular flexibility index (Phi) is 8.34. The van der Waals surface area contributed by atoms with Gasteiger partial charge in [0.1, 0.15) is 0 Å². The molecule has 1 atom stereocenters. The van der Waals surface area contributed by atoms with Gasteiger partial charge in [0.25, 0.3) is 0 Å². The van der Waals surface area contributed by atoms with Gasteiger partial charge >= 0.3 is 0 Å². The van der Waals surface area contributed by atoms with Gasteiger partial charge in [-0.2, -0.15) is 5.26 Å². The number of rotatable bonds is 10. The van der Waals surface area contributed by atoms with E-state index in [1.165, 1.54) is 11.6 Å². The number of hydrogen-bond acceptors (Lipinski definition) is 2. The third kappa shape index (κ3) is 5.87. The highest BCUT2D eigenvalue weighted by Gasteiger charge is 2.36. The second kappa shape index (κ2) is 10.5. The third-order valence-corrected chi connectivity index (χ3v) is 5.90. The molecule has 0 amide bonds. The molecule has 0 fully saturated rings. The molecule has 0 aliphatic carbocycles. The predicted octanol–water partition coefficient (Wildman–Crippen LogP) is 6.12. The average Bonchev–Trinajstić information content (AvgIpc) is 2.70. The van der Waals surface area contributed by atoms with Crippen LogP contribution in [0, 0.1) is 28.9 Å². The van der Waals surface area contributed by atoms with Crippen LogP contribution in [0.4, 0.5) is 8.78 Å². The SMILES string of the molecule is CC(C)N(CCCC(C#N)(c1ccc(F)c(F)c1)C(C)C)CCc1ccccc1. The minimum atomic E-state index is -0.894. The van der Waals surface area contributed by atoms with Crippen molar-refractivity contribution in [1.29, 1.82) is 5.26 Å². The zero-order valence-electron chi connectivity index (χ0n) is 18.0.